The SMILES string of the molecule is O=C(N/N=C\c1ccccc1F)c1ccc[nH]1. The highest BCUT2D eigenvalue weighted by molar-refractivity contribution is 5.93. The molecular weight excluding hydrogens is 221 g/mol. The van der Waals surface area contributed by atoms with Crippen LogP contribution in [0.4, 0.5) is 4.39 Å². The number of halogens is 1. The fraction of sp³-hybridized carbons (Fsp3) is 0. The molecule has 0 aliphatic heterocycles. The Bertz CT molecular complexity index is 534. The minimum Gasteiger partial charge on any atom is -0.357 e. The number of aromatic amines is 1. The zero-order valence-corrected chi connectivity index (χ0v) is 8.85. The van der Waals surface area contributed by atoms with Crippen molar-refractivity contribution in [1.82, 2.24) is 10.4 Å². The van der Waals surface area contributed by atoms with E-state index in [0.29, 0.717) is 11.3 Å². The summed E-state index contributed by atoms with van der Waals surface area (Å²) in [4.78, 5) is 14.2. The number of hydrogen-bond donors (Lipinski definition) is 2. The molecule has 1 aromatic heterocycles. The van der Waals surface area contributed by atoms with Crippen molar-refractivity contribution in [3.05, 3.63) is 59.7 Å². The molecule has 0 fully saturated rings. The van der Waals surface area contributed by atoms with Gasteiger partial charge in [0, 0.05) is 11.8 Å². The summed E-state index contributed by atoms with van der Waals surface area (Å²) in [6.07, 6.45) is 2.89. The number of hydrogen-bond acceptors (Lipinski definition) is 2. The van der Waals surface area contributed by atoms with Crippen molar-refractivity contribution in [2.75, 3.05) is 0 Å². The zero-order chi connectivity index (χ0) is 12.1. The molecule has 1 heterocycles. The molecule has 4 nitrogen and oxygen atoms in total. The average molecular weight is 231 g/mol. The Morgan fingerprint density at radius 2 is 2.12 bits per heavy atom. The molecule has 0 unspecified atom stereocenters. The number of H-pyrrole nitrogens is 1. The molecule has 0 spiro atoms. The van der Waals surface area contributed by atoms with Gasteiger partial charge in [0.2, 0.25) is 0 Å². The number of carbonyl (C=O) groups is 1. The molecule has 0 bridgehead atoms. The highest BCUT2D eigenvalue weighted by Crippen LogP contribution is 2.02. The molecule has 86 valence electrons. The monoisotopic (exact) mass is 231 g/mol. The number of hydrazone groups is 1. The summed E-state index contributed by atoms with van der Waals surface area (Å²) in [5.41, 5.74) is 3.01. The van der Waals surface area contributed by atoms with Gasteiger partial charge in [0.05, 0.1) is 6.21 Å². The average Bonchev–Trinajstić information content (AvgIpc) is 2.85. The number of aromatic nitrogens is 1. The van der Waals surface area contributed by atoms with Crippen molar-refractivity contribution >= 4 is 12.1 Å². The topological polar surface area (TPSA) is 57.2 Å². The van der Waals surface area contributed by atoms with Gasteiger partial charge in [-0.1, -0.05) is 18.2 Å². The van der Waals surface area contributed by atoms with Gasteiger partial charge in [-0.3, -0.25) is 4.79 Å². The van der Waals surface area contributed by atoms with Gasteiger partial charge in [-0.05, 0) is 18.2 Å². The van der Waals surface area contributed by atoms with Crippen LogP contribution < -0.4 is 5.43 Å². The van der Waals surface area contributed by atoms with E-state index >= 15 is 0 Å². The van der Waals surface area contributed by atoms with Gasteiger partial charge in [0.25, 0.3) is 5.91 Å². The maximum atomic E-state index is 13.2. The van der Waals surface area contributed by atoms with Gasteiger partial charge >= 0.3 is 0 Å². The molecule has 2 N–H and O–H groups in total. The van der Waals surface area contributed by atoms with E-state index in [1.165, 1.54) is 12.3 Å². The third kappa shape index (κ3) is 2.78. The lowest BCUT2D eigenvalue weighted by Gasteiger charge is -1.97. The molecule has 17 heavy (non-hydrogen) atoms. The van der Waals surface area contributed by atoms with E-state index < -0.39 is 0 Å². The molecule has 1 aromatic carbocycles. The standard InChI is InChI=1S/C12H10FN3O/c13-10-5-2-1-4-9(10)8-15-16-12(17)11-6-3-7-14-11/h1-8,14H,(H,16,17)/b15-8-. The maximum absolute atomic E-state index is 13.2. The van der Waals surface area contributed by atoms with Crippen LogP contribution in [0.15, 0.2) is 47.7 Å². The fourth-order valence-corrected chi connectivity index (χ4v) is 1.27. The Balaban J connectivity index is 1.99. The molecule has 2 aromatic rings. The van der Waals surface area contributed by atoms with Crippen LogP contribution >= 0.6 is 0 Å². The number of nitrogens with zero attached hydrogens (tertiary/aromatic N) is 1. The van der Waals surface area contributed by atoms with Crippen molar-refractivity contribution in [3.8, 4) is 0 Å². The molecule has 1 amide bonds. The summed E-state index contributed by atoms with van der Waals surface area (Å²) in [6.45, 7) is 0. The maximum Gasteiger partial charge on any atom is 0.287 e. The lowest BCUT2D eigenvalue weighted by molar-refractivity contribution is 0.0951. The Hall–Kier alpha value is -2.43. The Morgan fingerprint density at radius 3 is 2.82 bits per heavy atom. The third-order valence-corrected chi connectivity index (χ3v) is 2.12. The predicted molar refractivity (Wildman–Crippen MR) is 62.3 cm³/mol. The Morgan fingerprint density at radius 1 is 1.29 bits per heavy atom. The molecule has 0 aliphatic rings. The van der Waals surface area contributed by atoms with E-state index in [9.17, 15) is 9.18 Å². The molecule has 0 saturated heterocycles. The first-order chi connectivity index (χ1) is 8.27. The summed E-state index contributed by atoms with van der Waals surface area (Å²) in [7, 11) is 0. The van der Waals surface area contributed by atoms with Gasteiger partial charge in [-0.25, -0.2) is 9.82 Å². The predicted octanol–water partition coefficient (Wildman–Crippen LogP) is 1.92. The van der Waals surface area contributed by atoms with E-state index in [0.717, 1.165) is 0 Å². The van der Waals surface area contributed by atoms with Crippen LogP contribution in [0.1, 0.15) is 16.1 Å². The van der Waals surface area contributed by atoms with E-state index in [4.69, 9.17) is 0 Å². The summed E-state index contributed by atoms with van der Waals surface area (Å²) in [5, 5.41) is 3.67. The number of amides is 1. The number of carbonyl (C=O) groups excluding carboxylic acids is 1. The first-order valence-electron chi connectivity index (χ1n) is 4.98. The first kappa shape index (κ1) is 11.1. The van der Waals surface area contributed by atoms with Gasteiger partial charge in [0.15, 0.2) is 0 Å². The zero-order valence-electron chi connectivity index (χ0n) is 8.85. The third-order valence-electron chi connectivity index (χ3n) is 2.12. The second-order valence-corrected chi connectivity index (χ2v) is 3.30. The van der Waals surface area contributed by atoms with Crippen LogP contribution in [-0.2, 0) is 0 Å². The van der Waals surface area contributed by atoms with Gasteiger partial charge in [-0.2, -0.15) is 5.10 Å². The lowest BCUT2D eigenvalue weighted by Crippen LogP contribution is -2.17. The molecule has 0 saturated carbocycles. The largest absolute Gasteiger partial charge is 0.357 e. The summed E-state index contributed by atoms with van der Waals surface area (Å²) in [6, 6.07) is 9.50. The summed E-state index contributed by atoms with van der Waals surface area (Å²) >= 11 is 0. The van der Waals surface area contributed by atoms with E-state index in [1.807, 2.05) is 0 Å². The lowest BCUT2D eigenvalue weighted by atomic mass is 10.2. The number of nitrogens with one attached hydrogen (secondary N) is 2. The first-order valence-corrected chi connectivity index (χ1v) is 4.98. The molecule has 0 aliphatic carbocycles. The van der Waals surface area contributed by atoms with Gasteiger partial charge < -0.3 is 4.98 Å². The molecule has 0 atom stereocenters. The van der Waals surface area contributed by atoms with E-state index in [-0.39, 0.29) is 11.7 Å². The number of rotatable bonds is 3. The molecule has 2 rings (SSSR count). The van der Waals surface area contributed by atoms with Crippen molar-refractivity contribution in [2.24, 2.45) is 5.10 Å². The van der Waals surface area contributed by atoms with Crippen LogP contribution in [-0.4, -0.2) is 17.1 Å². The highest BCUT2D eigenvalue weighted by Gasteiger charge is 2.03. The normalized spacial score (nSPS) is 10.6. The molecular formula is C12H10FN3O. The van der Waals surface area contributed by atoms with Crippen LogP contribution in [0, 0.1) is 5.82 Å². The second kappa shape index (κ2) is 5.07. The fourth-order valence-electron chi connectivity index (χ4n) is 1.27. The van der Waals surface area contributed by atoms with Crippen LogP contribution in [0.25, 0.3) is 0 Å². The highest BCUT2D eigenvalue weighted by atomic mass is 19.1. The van der Waals surface area contributed by atoms with E-state index in [2.05, 4.69) is 15.5 Å². The Labute approximate surface area is 97.2 Å². The van der Waals surface area contributed by atoms with Crippen LogP contribution in [0.5, 0.6) is 0 Å². The quantitative estimate of drug-likeness (QED) is 0.615. The summed E-state index contributed by atoms with van der Waals surface area (Å²) in [5.74, 6) is -0.757. The molecule has 5 heteroatoms. The van der Waals surface area contributed by atoms with Crippen molar-refractivity contribution < 1.29 is 9.18 Å². The van der Waals surface area contributed by atoms with Crippen molar-refractivity contribution in [3.63, 3.8) is 0 Å². The van der Waals surface area contributed by atoms with Crippen LogP contribution in [0.2, 0.25) is 0 Å². The number of benzene rings is 1. The minimum atomic E-state index is -0.384. The smallest absolute Gasteiger partial charge is 0.287 e. The van der Waals surface area contributed by atoms with Gasteiger partial charge in [-0.15, -0.1) is 0 Å². The van der Waals surface area contributed by atoms with E-state index in [1.54, 1.807) is 36.5 Å². The summed E-state index contributed by atoms with van der Waals surface area (Å²) < 4.78 is 13.2. The Kier molecular flexibility index (Phi) is 3.30. The van der Waals surface area contributed by atoms with Crippen molar-refractivity contribution in [1.29, 1.82) is 0 Å². The minimum absolute atomic E-state index is 0.319. The van der Waals surface area contributed by atoms with Crippen LogP contribution in [0.3, 0.4) is 0 Å². The van der Waals surface area contributed by atoms with Crippen molar-refractivity contribution in [2.45, 2.75) is 0 Å². The second-order valence-electron chi connectivity index (χ2n) is 3.30. The van der Waals surface area contributed by atoms with Gasteiger partial charge in [0.1, 0.15) is 11.5 Å². The molecule has 0 radical (unpaired) electrons.